The maximum absolute atomic E-state index is 6.46. The number of anilines is 1. The van der Waals surface area contributed by atoms with E-state index in [0.29, 0.717) is 17.4 Å². The van der Waals surface area contributed by atoms with E-state index in [4.69, 9.17) is 9.15 Å². The van der Waals surface area contributed by atoms with Gasteiger partial charge in [-0.2, -0.15) is 4.98 Å². The number of aryl methyl sites for hydroxylation is 2. The molecule has 1 fully saturated rings. The summed E-state index contributed by atoms with van der Waals surface area (Å²) in [4.78, 5) is 15.9. The molecule has 0 bridgehead atoms. The predicted molar refractivity (Wildman–Crippen MR) is 104 cm³/mol. The van der Waals surface area contributed by atoms with Crippen LogP contribution in [-0.2, 0) is 0 Å². The predicted octanol–water partition coefficient (Wildman–Crippen LogP) is 4.07. The van der Waals surface area contributed by atoms with Crippen molar-refractivity contribution in [2.75, 3.05) is 18.0 Å². The first-order chi connectivity index (χ1) is 13.1. The third-order valence-electron chi connectivity index (χ3n) is 5.39. The van der Waals surface area contributed by atoms with Gasteiger partial charge in [-0.3, -0.25) is 0 Å². The fourth-order valence-electron chi connectivity index (χ4n) is 4.05. The summed E-state index contributed by atoms with van der Waals surface area (Å²) in [5, 5.41) is 0. The van der Waals surface area contributed by atoms with Crippen LogP contribution in [0.4, 0.5) is 5.82 Å². The van der Waals surface area contributed by atoms with Crippen molar-refractivity contribution in [3.63, 3.8) is 0 Å². The topological polar surface area (TPSA) is 64.3 Å². The minimum atomic E-state index is -0.246. The van der Waals surface area contributed by atoms with Crippen LogP contribution < -0.4 is 9.64 Å². The molecular weight excluding hydrogens is 340 g/mol. The van der Waals surface area contributed by atoms with Crippen LogP contribution in [0.15, 0.2) is 34.8 Å². The van der Waals surface area contributed by atoms with Gasteiger partial charge in [0, 0.05) is 32.0 Å². The number of hydrogen-bond donors (Lipinski definition) is 0. The maximum Gasteiger partial charge on any atom is 0.252 e. The van der Waals surface area contributed by atoms with Crippen molar-refractivity contribution in [1.82, 2.24) is 15.0 Å². The highest BCUT2D eigenvalue weighted by atomic mass is 16.5. The molecule has 5 rings (SSSR count). The SMILES string of the molecule is Cc1nc(N2CCCC3(C=Cc4ccccc4O3)CC2)c2nc(C)oc2n1. The molecule has 3 aromatic rings. The minimum absolute atomic E-state index is 0.246. The van der Waals surface area contributed by atoms with E-state index in [1.165, 1.54) is 0 Å². The molecule has 0 saturated carbocycles. The smallest absolute Gasteiger partial charge is 0.252 e. The number of rotatable bonds is 1. The molecular formula is C21H22N4O2. The van der Waals surface area contributed by atoms with Gasteiger partial charge in [0.2, 0.25) is 0 Å². The van der Waals surface area contributed by atoms with Crippen molar-refractivity contribution in [3.8, 4) is 5.75 Å². The summed E-state index contributed by atoms with van der Waals surface area (Å²) in [5.74, 6) is 3.16. The Kier molecular flexibility index (Phi) is 3.67. The van der Waals surface area contributed by atoms with E-state index in [9.17, 15) is 0 Å². The van der Waals surface area contributed by atoms with Crippen LogP contribution >= 0.6 is 0 Å². The number of fused-ring (bicyclic) bond motifs is 2. The fourth-order valence-corrected chi connectivity index (χ4v) is 4.05. The molecule has 0 radical (unpaired) electrons. The maximum atomic E-state index is 6.46. The molecule has 6 heteroatoms. The molecule has 1 atom stereocenters. The van der Waals surface area contributed by atoms with Gasteiger partial charge in [-0.25, -0.2) is 9.97 Å². The monoisotopic (exact) mass is 362 g/mol. The lowest BCUT2D eigenvalue weighted by molar-refractivity contribution is 0.104. The normalized spacial score (nSPS) is 21.9. The summed E-state index contributed by atoms with van der Waals surface area (Å²) >= 11 is 0. The van der Waals surface area contributed by atoms with Crippen molar-refractivity contribution >= 4 is 23.1 Å². The molecule has 1 aromatic carbocycles. The van der Waals surface area contributed by atoms with Crippen molar-refractivity contribution in [3.05, 3.63) is 47.6 Å². The lowest BCUT2D eigenvalue weighted by Crippen LogP contribution is -2.37. The Morgan fingerprint density at radius 1 is 1.04 bits per heavy atom. The minimum Gasteiger partial charge on any atom is -0.483 e. The van der Waals surface area contributed by atoms with Gasteiger partial charge in [-0.1, -0.05) is 24.3 Å². The molecule has 2 aromatic heterocycles. The summed E-state index contributed by atoms with van der Waals surface area (Å²) in [5.41, 5.74) is 2.22. The van der Waals surface area contributed by atoms with Gasteiger partial charge in [0.25, 0.3) is 5.71 Å². The summed E-state index contributed by atoms with van der Waals surface area (Å²) in [6.07, 6.45) is 7.34. The first-order valence-corrected chi connectivity index (χ1v) is 9.46. The highest BCUT2D eigenvalue weighted by Gasteiger charge is 2.35. The highest BCUT2D eigenvalue weighted by Crippen LogP contribution is 2.38. The van der Waals surface area contributed by atoms with E-state index in [0.717, 1.165) is 55.0 Å². The quantitative estimate of drug-likeness (QED) is 0.650. The molecule has 0 N–H and O–H groups in total. The average Bonchev–Trinajstić information content (AvgIpc) is 2.91. The lowest BCUT2D eigenvalue weighted by Gasteiger charge is -2.34. The summed E-state index contributed by atoms with van der Waals surface area (Å²) in [6.45, 7) is 5.50. The number of para-hydroxylation sites is 1. The molecule has 0 amide bonds. The number of benzene rings is 1. The zero-order valence-corrected chi connectivity index (χ0v) is 15.6. The number of ether oxygens (including phenoxy) is 1. The first kappa shape index (κ1) is 16.3. The summed E-state index contributed by atoms with van der Waals surface area (Å²) in [7, 11) is 0. The number of hydrogen-bond acceptors (Lipinski definition) is 6. The Hall–Kier alpha value is -2.89. The Balaban J connectivity index is 1.45. The highest BCUT2D eigenvalue weighted by molar-refractivity contribution is 5.82. The van der Waals surface area contributed by atoms with Gasteiger partial charge < -0.3 is 14.1 Å². The van der Waals surface area contributed by atoms with Crippen molar-refractivity contribution in [2.24, 2.45) is 0 Å². The molecule has 1 spiro atoms. The zero-order valence-electron chi connectivity index (χ0n) is 15.6. The van der Waals surface area contributed by atoms with E-state index >= 15 is 0 Å². The summed E-state index contributed by atoms with van der Waals surface area (Å²) in [6, 6.07) is 8.22. The van der Waals surface area contributed by atoms with Crippen molar-refractivity contribution < 1.29 is 9.15 Å². The molecule has 2 aliphatic heterocycles. The number of oxazole rings is 1. The third-order valence-corrected chi connectivity index (χ3v) is 5.39. The molecule has 2 aliphatic rings. The van der Waals surface area contributed by atoms with Gasteiger partial charge in [0.05, 0.1) is 0 Å². The van der Waals surface area contributed by atoms with Crippen LogP contribution in [0.2, 0.25) is 0 Å². The van der Waals surface area contributed by atoms with Crippen molar-refractivity contribution in [1.29, 1.82) is 0 Å². The van der Waals surface area contributed by atoms with Gasteiger partial charge in [0.15, 0.2) is 17.2 Å². The Labute approximate surface area is 157 Å². The Morgan fingerprint density at radius 3 is 2.85 bits per heavy atom. The van der Waals surface area contributed by atoms with Crippen LogP contribution in [0.1, 0.15) is 36.5 Å². The van der Waals surface area contributed by atoms with E-state index in [2.05, 4.69) is 44.1 Å². The zero-order chi connectivity index (χ0) is 18.4. The number of nitrogens with zero attached hydrogens (tertiary/aromatic N) is 4. The molecule has 1 saturated heterocycles. The molecule has 27 heavy (non-hydrogen) atoms. The third kappa shape index (κ3) is 2.85. The Morgan fingerprint density at radius 2 is 1.93 bits per heavy atom. The second-order valence-corrected chi connectivity index (χ2v) is 7.36. The van der Waals surface area contributed by atoms with Crippen LogP contribution in [0.5, 0.6) is 5.75 Å². The van der Waals surface area contributed by atoms with E-state index in [1.807, 2.05) is 26.0 Å². The number of aromatic nitrogens is 3. The Bertz CT molecular complexity index is 1040. The van der Waals surface area contributed by atoms with Crippen LogP contribution in [0.25, 0.3) is 17.3 Å². The standard InChI is InChI=1S/C21H22N4O2/c1-14-22-19(18-20(23-14)26-15(2)24-18)25-12-5-9-21(11-13-25)10-8-16-6-3-4-7-17(16)27-21/h3-4,6-8,10H,5,9,11-13H2,1-2H3. The van der Waals surface area contributed by atoms with Crippen LogP contribution in [0.3, 0.4) is 0 Å². The second kappa shape index (κ2) is 6.08. The van der Waals surface area contributed by atoms with Crippen LogP contribution in [-0.4, -0.2) is 33.6 Å². The first-order valence-electron chi connectivity index (χ1n) is 9.46. The fraction of sp³-hybridized carbons (Fsp3) is 0.381. The molecule has 0 aliphatic carbocycles. The van der Waals surface area contributed by atoms with Crippen LogP contribution in [0, 0.1) is 13.8 Å². The molecule has 1 unspecified atom stereocenters. The van der Waals surface area contributed by atoms with Gasteiger partial charge in [0.1, 0.15) is 17.2 Å². The van der Waals surface area contributed by atoms with Gasteiger partial charge in [-0.05, 0) is 31.9 Å². The van der Waals surface area contributed by atoms with Gasteiger partial charge >= 0.3 is 0 Å². The average molecular weight is 362 g/mol. The van der Waals surface area contributed by atoms with E-state index in [-0.39, 0.29) is 5.60 Å². The molecule has 138 valence electrons. The van der Waals surface area contributed by atoms with Gasteiger partial charge in [-0.15, -0.1) is 0 Å². The molecule has 6 nitrogen and oxygen atoms in total. The largest absolute Gasteiger partial charge is 0.483 e. The van der Waals surface area contributed by atoms with E-state index in [1.54, 1.807) is 0 Å². The summed E-state index contributed by atoms with van der Waals surface area (Å²) < 4.78 is 12.1. The van der Waals surface area contributed by atoms with E-state index < -0.39 is 0 Å². The van der Waals surface area contributed by atoms with Crippen molar-refractivity contribution in [2.45, 2.75) is 38.7 Å². The lowest BCUT2D eigenvalue weighted by atomic mass is 9.91. The molecule has 4 heterocycles. The second-order valence-electron chi connectivity index (χ2n) is 7.36.